The van der Waals surface area contributed by atoms with Gasteiger partial charge in [0.15, 0.2) is 5.82 Å². The van der Waals surface area contributed by atoms with Crippen LogP contribution in [0.25, 0.3) is 22.6 Å². The summed E-state index contributed by atoms with van der Waals surface area (Å²) in [5.74, 6) is 0.518. The fourth-order valence-corrected chi connectivity index (χ4v) is 2.47. The molecule has 6 heteroatoms. The number of carbonyl (C=O) groups is 1. The molecule has 0 aliphatic carbocycles. The molecule has 0 bridgehead atoms. The molecule has 0 radical (unpaired) electrons. The number of imidazole rings is 1. The van der Waals surface area contributed by atoms with Gasteiger partial charge in [-0.2, -0.15) is 0 Å². The molecule has 2 aromatic heterocycles. The smallest absolute Gasteiger partial charge is 0.317 e. The van der Waals surface area contributed by atoms with Crippen LogP contribution in [0.1, 0.15) is 5.56 Å². The van der Waals surface area contributed by atoms with Gasteiger partial charge in [0.05, 0.1) is 17.5 Å². The molecule has 24 heavy (non-hydrogen) atoms. The van der Waals surface area contributed by atoms with E-state index >= 15 is 0 Å². The number of nitrogens with zero attached hydrogens (tertiary/aromatic N) is 2. The second-order valence-corrected chi connectivity index (χ2v) is 5.36. The van der Waals surface area contributed by atoms with Crippen molar-refractivity contribution in [2.24, 2.45) is 0 Å². The van der Waals surface area contributed by atoms with Crippen LogP contribution in [0.2, 0.25) is 0 Å². The van der Waals surface area contributed by atoms with Gasteiger partial charge in [0.2, 0.25) is 5.88 Å². The average molecular weight is 318 g/mol. The molecule has 0 unspecified atom stereocenters. The number of hydrogen-bond donors (Lipinski definition) is 2. The van der Waals surface area contributed by atoms with E-state index in [0.29, 0.717) is 11.5 Å². The molecule has 0 fully saturated rings. The summed E-state index contributed by atoms with van der Waals surface area (Å²) in [6, 6.07) is 18.8. The number of carbonyl (C=O) groups excluding carboxylic acids is 1. The molecule has 2 aromatic carbocycles. The molecular weight excluding hydrogens is 304 g/mol. The molecule has 0 aliphatic heterocycles. The second kappa shape index (κ2) is 6.00. The van der Waals surface area contributed by atoms with Gasteiger partial charge < -0.3 is 9.72 Å². The van der Waals surface area contributed by atoms with E-state index in [4.69, 9.17) is 4.74 Å². The summed E-state index contributed by atoms with van der Waals surface area (Å²) in [6.07, 6.45) is 0.202. The van der Waals surface area contributed by atoms with Crippen molar-refractivity contribution in [3.63, 3.8) is 0 Å². The number of esters is 1. The zero-order valence-electron chi connectivity index (χ0n) is 12.7. The predicted octanol–water partition coefficient (Wildman–Crippen LogP) is 3.10. The largest absolute Gasteiger partial charge is 0.406 e. The molecule has 0 saturated heterocycles. The third-order valence-corrected chi connectivity index (χ3v) is 3.61. The van der Waals surface area contributed by atoms with Crippen LogP contribution in [-0.4, -0.2) is 26.1 Å². The summed E-state index contributed by atoms with van der Waals surface area (Å²) >= 11 is 0. The van der Waals surface area contributed by atoms with Crippen LogP contribution in [-0.2, 0) is 11.2 Å². The Labute approximate surface area is 137 Å². The van der Waals surface area contributed by atoms with Crippen LogP contribution < -0.4 is 4.74 Å². The standard InChI is InChI=1S/C18H14N4O2/c23-17(10-12-6-2-1-3-7-12)24-16-11-15(21-22-16)18-19-13-8-4-5-9-14(13)20-18/h1-9,11H,10H2,(H,19,20)(H,21,22). The lowest BCUT2D eigenvalue weighted by Crippen LogP contribution is -2.11. The maximum absolute atomic E-state index is 12.0. The molecule has 4 aromatic rings. The molecule has 0 atom stereocenters. The highest BCUT2D eigenvalue weighted by Gasteiger charge is 2.12. The Morgan fingerprint density at radius 3 is 2.67 bits per heavy atom. The van der Waals surface area contributed by atoms with Crippen LogP contribution in [0.3, 0.4) is 0 Å². The van der Waals surface area contributed by atoms with Gasteiger partial charge in [-0.25, -0.2) is 4.98 Å². The van der Waals surface area contributed by atoms with E-state index in [9.17, 15) is 4.79 Å². The first kappa shape index (κ1) is 14.2. The number of hydrogen-bond acceptors (Lipinski definition) is 4. The summed E-state index contributed by atoms with van der Waals surface area (Å²) in [6.45, 7) is 0. The van der Waals surface area contributed by atoms with E-state index in [2.05, 4.69) is 20.2 Å². The highest BCUT2D eigenvalue weighted by atomic mass is 16.5. The molecule has 2 heterocycles. The van der Waals surface area contributed by atoms with Gasteiger partial charge >= 0.3 is 5.97 Å². The number of H-pyrrole nitrogens is 2. The molecular formula is C18H14N4O2. The lowest BCUT2D eigenvalue weighted by molar-refractivity contribution is -0.133. The molecule has 0 amide bonds. The average Bonchev–Trinajstić information content (AvgIpc) is 3.22. The number of nitrogens with one attached hydrogen (secondary N) is 2. The number of rotatable bonds is 4. The van der Waals surface area contributed by atoms with Crippen molar-refractivity contribution >= 4 is 17.0 Å². The van der Waals surface area contributed by atoms with Crippen LogP contribution in [0.15, 0.2) is 60.7 Å². The highest BCUT2D eigenvalue weighted by molar-refractivity contribution is 5.79. The predicted molar refractivity (Wildman–Crippen MR) is 89.5 cm³/mol. The monoisotopic (exact) mass is 318 g/mol. The molecule has 2 N–H and O–H groups in total. The van der Waals surface area contributed by atoms with Gasteiger partial charge in [-0.3, -0.25) is 9.89 Å². The Kier molecular flexibility index (Phi) is 3.55. The summed E-state index contributed by atoms with van der Waals surface area (Å²) in [4.78, 5) is 19.6. The van der Waals surface area contributed by atoms with E-state index in [0.717, 1.165) is 16.6 Å². The van der Waals surface area contributed by atoms with Gasteiger partial charge in [0.1, 0.15) is 5.69 Å². The SMILES string of the molecule is O=C(Cc1ccccc1)Oc1cc(-c2nc3ccccc3[nH]2)[nH]n1. The Hall–Kier alpha value is -3.41. The minimum atomic E-state index is -0.358. The van der Waals surface area contributed by atoms with Crippen LogP contribution in [0.4, 0.5) is 0 Å². The van der Waals surface area contributed by atoms with Gasteiger partial charge in [-0.15, -0.1) is 5.10 Å². The van der Waals surface area contributed by atoms with Gasteiger partial charge in [-0.1, -0.05) is 42.5 Å². The van der Waals surface area contributed by atoms with Crippen LogP contribution in [0.5, 0.6) is 5.88 Å². The Balaban J connectivity index is 1.49. The van der Waals surface area contributed by atoms with Crippen LogP contribution >= 0.6 is 0 Å². The lowest BCUT2D eigenvalue weighted by Gasteiger charge is -2.00. The minimum Gasteiger partial charge on any atom is -0.406 e. The third kappa shape index (κ3) is 2.89. The summed E-state index contributed by atoms with van der Waals surface area (Å²) in [5, 5.41) is 6.85. The molecule has 118 valence electrons. The van der Waals surface area contributed by atoms with Gasteiger partial charge in [-0.05, 0) is 17.7 Å². The minimum absolute atomic E-state index is 0.202. The Bertz CT molecular complexity index is 955. The Morgan fingerprint density at radius 1 is 1.04 bits per heavy atom. The van der Waals surface area contributed by atoms with Crippen molar-refractivity contribution in [2.75, 3.05) is 0 Å². The fraction of sp³-hybridized carbons (Fsp3) is 0.0556. The van der Waals surface area contributed by atoms with E-state index in [1.807, 2.05) is 54.6 Å². The topological polar surface area (TPSA) is 83.7 Å². The van der Waals surface area contributed by atoms with E-state index in [1.165, 1.54) is 0 Å². The van der Waals surface area contributed by atoms with E-state index in [1.54, 1.807) is 6.07 Å². The maximum Gasteiger partial charge on any atom is 0.317 e. The number of ether oxygens (including phenoxy) is 1. The highest BCUT2D eigenvalue weighted by Crippen LogP contribution is 2.21. The maximum atomic E-state index is 12.0. The molecule has 4 rings (SSSR count). The van der Waals surface area contributed by atoms with Crippen LogP contribution in [0, 0.1) is 0 Å². The fourth-order valence-electron chi connectivity index (χ4n) is 2.47. The number of fused-ring (bicyclic) bond motifs is 1. The molecule has 0 saturated carbocycles. The zero-order chi connectivity index (χ0) is 16.4. The van der Waals surface area contributed by atoms with E-state index < -0.39 is 0 Å². The number of aromatic amines is 2. The third-order valence-electron chi connectivity index (χ3n) is 3.61. The van der Waals surface area contributed by atoms with E-state index in [-0.39, 0.29) is 18.3 Å². The van der Waals surface area contributed by atoms with Crippen molar-refractivity contribution < 1.29 is 9.53 Å². The normalized spacial score (nSPS) is 10.8. The summed E-state index contributed by atoms with van der Waals surface area (Å²) in [5.41, 5.74) is 3.36. The zero-order valence-corrected chi connectivity index (χ0v) is 12.7. The van der Waals surface area contributed by atoms with Crippen molar-refractivity contribution in [3.05, 3.63) is 66.2 Å². The first-order valence-electron chi connectivity index (χ1n) is 7.53. The number of para-hydroxylation sites is 2. The number of benzene rings is 2. The van der Waals surface area contributed by atoms with Crippen molar-refractivity contribution in [1.82, 2.24) is 20.2 Å². The molecule has 0 aliphatic rings. The van der Waals surface area contributed by atoms with Crippen molar-refractivity contribution in [3.8, 4) is 17.4 Å². The number of aromatic nitrogens is 4. The molecule has 6 nitrogen and oxygen atoms in total. The quantitative estimate of drug-likeness (QED) is 0.566. The second-order valence-electron chi connectivity index (χ2n) is 5.36. The summed E-state index contributed by atoms with van der Waals surface area (Å²) < 4.78 is 5.27. The van der Waals surface area contributed by atoms with Gasteiger partial charge in [0, 0.05) is 6.07 Å². The summed E-state index contributed by atoms with van der Waals surface area (Å²) in [7, 11) is 0. The van der Waals surface area contributed by atoms with Gasteiger partial charge in [0.25, 0.3) is 0 Å². The van der Waals surface area contributed by atoms with Crippen molar-refractivity contribution in [1.29, 1.82) is 0 Å². The van der Waals surface area contributed by atoms with Crippen molar-refractivity contribution in [2.45, 2.75) is 6.42 Å². The lowest BCUT2D eigenvalue weighted by atomic mass is 10.2. The first-order valence-corrected chi connectivity index (χ1v) is 7.53. The molecule has 0 spiro atoms. The first-order chi connectivity index (χ1) is 11.8. The Morgan fingerprint density at radius 2 is 1.83 bits per heavy atom.